The number of likely N-dealkylation sites (N-methyl/N-ethyl adjacent to an activating group) is 1. The standard InChI is InChI=1S/C15H22N2O3/c1-11-9-12(7-8-16-11)15(5,10-18)17(6)13(19)20-14(2,3)4/h7-10H,1-6H3. The van der Waals surface area contributed by atoms with Crippen molar-refractivity contribution < 1.29 is 14.3 Å². The molecule has 0 N–H and O–H groups in total. The van der Waals surface area contributed by atoms with Crippen molar-refractivity contribution in [1.82, 2.24) is 9.88 Å². The predicted molar refractivity (Wildman–Crippen MR) is 76.4 cm³/mol. The minimum atomic E-state index is -1.09. The van der Waals surface area contributed by atoms with E-state index in [0.29, 0.717) is 5.56 Å². The van der Waals surface area contributed by atoms with Crippen LogP contribution >= 0.6 is 0 Å². The molecule has 5 heteroatoms. The van der Waals surface area contributed by atoms with Gasteiger partial charge < -0.3 is 9.53 Å². The second-order valence-corrected chi connectivity index (χ2v) is 5.99. The second-order valence-electron chi connectivity index (χ2n) is 5.99. The molecule has 1 aromatic heterocycles. The Labute approximate surface area is 119 Å². The predicted octanol–water partition coefficient (Wildman–Crippen LogP) is 2.67. The monoisotopic (exact) mass is 278 g/mol. The Balaban J connectivity index is 3.10. The lowest BCUT2D eigenvalue weighted by atomic mass is 9.92. The number of aldehydes is 1. The number of aromatic nitrogens is 1. The van der Waals surface area contributed by atoms with E-state index in [4.69, 9.17) is 4.74 Å². The van der Waals surface area contributed by atoms with E-state index < -0.39 is 17.2 Å². The average molecular weight is 278 g/mol. The van der Waals surface area contributed by atoms with E-state index in [-0.39, 0.29) is 0 Å². The third-order valence-corrected chi connectivity index (χ3v) is 3.07. The Morgan fingerprint density at radius 1 is 1.35 bits per heavy atom. The van der Waals surface area contributed by atoms with Crippen molar-refractivity contribution in [3.05, 3.63) is 29.6 Å². The number of pyridine rings is 1. The van der Waals surface area contributed by atoms with Gasteiger partial charge in [-0.25, -0.2) is 4.79 Å². The van der Waals surface area contributed by atoms with E-state index in [9.17, 15) is 9.59 Å². The first-order valence-electron chi connectivity index (χ1n) is 6.46. The molecule has 0 aliphatic heterocycles. The summed E-state index contributed by atoms with van der Waals surface area (Å²) in [5.74, 6) is 0. The van der Waals surface area contributed by atoms with Crippen molar-refractivity contribution in [2.75, 3.05) is 7.05 Å². The summed E-state index contributed by atoms with van der Waals surface area (Å²) in [6.45, 7) is 8.87. The van der Waals surface area contributed by atoms with Crippen LogP contribution in [-0.2, 0) is 15.1 Å². The van der Waals surface area contributed by atoms with Crippen LogP contribution in [-0.4, -0.2) is 34.9 Å². The number of carbonyl (C=O) groups excluding carboxylic acids is 2. The molecular weight excluding hydrogens is 256 g/mol. The van der Waals surface area contributed by atoms with Crippen LogP contribution in [0, 0.1) is 6.92 Å². The first-order chi connectivity index (χ1) is 9.10. The zero-order valence-corrected chi connectivity index (χ0v) is 12.9. The van der Waals surface area contributed by atoms with E-state index in [2.05, 4.69) is 4.98 Å². The molecule has 1 heterocycles. The van der Waals surface area contributed by atoms with E-state index in [1.165, 1.54) is 4.90 Å². The van der Waals surface area contributed by atoms with Gasteiger partial charge in [0.25, 0.3) is 0 Å². The van der Waals surface area contributed by atoms with Gasteiger partial charge >= 0.3 is 6.09 Å². The van der Waals surface area contributed by atoms with Gasteiger partial charge in [0.15, 0.2) is 0 Å². The number of hydrogen-bond donors (Lipinski definition) is 0. The van der Waals surface area contributed by atoms with Gasteiger partial charge in [0, 0.05) is 18.9 Å². The third-order valence-electron chi connectivity index (χ3n) is 3.07. The summed E-state index contributed by atoms with van der Waals surface area (Å²) in [4.78, 5) is 29.1. The summed E-state index contributed by atoms with van der Waals surface area (Å²) in [5, 5.41) is 0. The Morgan fingerprint density at radius 2 is 1.95 bits per heavy atom. The minimum Gasteiger partial charge on any atom is -0.444 e. The largest absolute Gasteiger partial charge is 0.444 e. The highest BCUT2D eigenvalue weighted by Gasteiger charge is 2.36. The number of amides is 1. The fourth-order valence-electron chi connectivity index (χ4n) is 1.72. The Morgan fingerprint density at radius 3 is 2.40 bits per heavy atom. The Kier molecular flexibility index (Phi) is 4.53. The molecule has 0 aliphatic rings. The fraction of sp³-hybridized carbons (Fsp3) is 0.533. The maximum atomic E-state index is 12.2. The maximum absolute atomic E-state index is 12.2. The maximum Gasteiger partial charge on any atom is 0.411 e. The molecule has 1 amide bonds. The number of rotatable bonds is 3. The highest BCUT2D eigenvalue weighted by Crippen LogP contribution is 2.26. The molecule has 20 heavy (non-hydrogen) atoms. The molecule has 0 bridgehead atoms. The summed E-state index contributed by atoms with van der Waals surface area (Å²) in [5.41, 5.74) is -0.208. The van der Waals surface area contributed by atoms with E-state index in [0.717, 1.165) is 12.0 Å². The molecule has 0 spiro atoms. The van der Waals surface area contributed by atoms with Crippen molar-refractivity contribution in [2.45, 2.75) is 45.8 Å². The molecule has 0 radical (unpaired) electrons. The van der Waals surface area contributed by atoms with Gasteiger partial charge in [-0.1, -0.05) is 0 Å². The van der Waals surface area contributed by atoms with E-state index in [1.54, 1.807) is 53.1 Å². The van der Waals surface area contributed by atoms with E-state index >= 15 is 0 Å². The Bertz CT molecular complexity index is 508. The van der Waals surface area contributed by atoms with Crippen molar-refractivity contribution >= 4 is 12.4 Å². The van der Waals surface area contributed by atoms with Gasteiger partial charge in [-0.3, -0.25) is 9.88 Å². The lowest BCUT2D eigenvalue weighted by Gasteiger charge is -2.35. The summed E-state index contributed by atoms with van der Waals surface area (Å²) in [6.07, 6.45) is 1.82. The highest BCUT2D eigenvalue weighted by atomic mass is 16.6. The molecule has 5 nitrogen and oxygen atoms in total. The average Bonchev–Trinajstić information content (AvgIpc) is 2.34. The molecular formula is C15H22N2O3. The fourth-order valence-corrected chi connectivity index (χ4v) is 1.72. The Hall–Kier alpha value is -1.91. The molecule has 0 saturated heterocycles. The first kappa shape index (κ1) is 16.1. The molecule has 0 aliphatic carbocycles. The number of aryl methyl sites for hydroxylation is 1. The van der Waals surface area contributed by atoms with Crippen LogP contribution in [0.25, 0.3) is 0 Å². The van der Waals surface area contributed by atoms with Crippen LogP contribution in [0.15, 0.2) is 18.3 Å². The summed E-state index contributed by atoms with van der Waals surface area (Å²) >= 11 is 0. The lowest BCUT2D eigenvalue weighted by molar-refractivity contribution is -0.117. The summed E-state index contributed by atoms with van der Waals surface area (Å²) in [7, 11) is 1.55. The molecule has 1 aromatic rings. The number of hydrogen-bond acceptors (Lipinski definition) is 4. The van der Waals surface area contributed by atoms with Gasteiger partial charge in [-0.15, -0.1) is 0 Å². The van der Waals surface area contributed by atoms with Crippen LogP contribution in [0.4, 0.5) is 4.79 Å². The van der Waals surface area contributed by atoms with Crippen LogP contribution in [0.3, 0.4) is 0 Å². The second kappa shape index (κ2) is 5.61. The van der Waals surface area contributed by atoms with Crippen LogP contribution in [0.5, 0.6) is 0 Å². The van der Waals surface area contributed by atoms with Gasteiger partial charge in [-0.2, -0.15) is 0 Å². The normalized spacial score (nSPS) is 14.3. The topological polar surface area (TPSA) is 59.5 Å². The van der Waals surface area contributed by atoms with Crippen molar-refractivity contribution in [3.8, 4) is 0 Å². The van der Waals surface area contributed by atoms with Gasteiger partial charge in [0.2, 0.25) is 0 Å². The smallest absolute Gasteiger partial charge is 0.411 e. The van der Waals surface area contributed by atoms with Gasteiger partial charge in [0.1, 0.15) is 17.4 Å². The molecule has 1 unspecified atom stereocenters. The summed E-state index contributed by atoms with van der Waals surface area (Å²) in [6, 6.07) is 3.51. The third kappa shape index (κ3) is 3.56. The molecule has 0 aromatic carbocycles. The molecule has 1 atom stereocenters. The zero-order valence-electron chi connectivity index (χ0n) is 12.9. The molecule has 110 valence electrons. The van der Waals surface area contributed by atoms with Crippen LogP contribution in [0.2, 0.25) is 0 Å². The van der Waals surface area contributed by atoms with Crippen molar-refractivity contribution in [1.29, 1.82) is 0 Å². The quantitative estimate of drug-likeness (QED) is 0.798. The van der Waals surface area contributed by atoms with Crippen molar-refractivity contribution in [2.24, 2.45) is 0 Å². The van der Waals surface area contributed by atoms with E-state index in [1.807, 2.05) is 6.92 Å². The number of ether oxygens (including phenoxy) is 1. The molecule has 0 fully saturated rings. The van der Waals surface area contributed by atoms with Crippen molar-refractivity contribution in [3.63, 3.8) is 0 Å². The van der Waals surface area contributed by atoms with Crippen LogP contribution in [0.1, 0.15) is 39.0 Å². The number of nitrogens with zero attached hydrogens (tertiary/aromatic N) is 2. The lowest BCUT2D eigenvalue weighted by Crippen LogP contribution is -2.48. The molecule has 1 rings (SSSR count). The highest BCUT2D eigenvalue weighted by molar-refractivity contribution is 5.77. The van der Waals surface area contributed by atoms with Crippen LogP contribution < -0.4 is 0 Å². The molecule has 0 saturated carbocycles. The number of carbonyl (C=O) groups is 2. The van der Waals surface area contributed by atoms with Gasteiger partial charge in [-0.05, 0) is 52.3 Å². The first-order valence-corrected chi connectivity index (χ1v) is 6.46. The van der Waals surface area contributed by atoms with Gasteiger partial charge in [0.05, 0.1) is 0 Å². The summed E-state index contributed by atoms with van der Waals surface area (Å²) < 4.78 is 5.31. The zero-order chi connectivity index (χ0) is 15.6. The minimum absolute atomic E-state index is 0.540. The SMILES string of the molecule is Cc1cc(C(C)(C=O)N(C)C(=O)OC(C)(C)C)ccn1.